The van der Waals surface area contributed by atoms with Crippen molar-refractivity contribution in [2.45, 2.75) is 34.1 Å². The van der Waals surface area contributed by atoms with Crippen molar-refractivity contribution in [1.29, 1.82) is 0 Å². The van der Waals surface area contributed by atoms with Crippen LogP contribution in [0.4, 0.5) is 5.69 Å². The second-order valence-electron chi connectivity index (χ2n) is 6.67. The number of aromatic nitrogens is 2. The van der Waals surface area contributed by atoms with Crippen LogP contribution < -0.4 is 9.64 Å². The molecule has 1 fully saturated rings. The van der Waals surface area contributed by atoms with Crippen LogP contribution in [-0.2, 0) is 16.6 Å². The number of ether oxygens (including phenoxy) is 1. The highest BCUT2D eigenvalue weighted by atomic mass is 16.5. The van der Waals surface area contributed by atoms with Crippen molar-refractivity contribution in [2.24, 2.45) is 13.0 Å². The summed E-state index contributed by atoms with van der Waals surface area (Å²) in [6, 6.07) is 5.86. The van der Waals surface area contributed by atoms with E-state index in [-0.39, 0.29) is 18.3 Å². The number of hydrogen-bond donors (Lipinski definition) is 0. The van der Waals surface area contributed by atoms with Gasteiger partial charge in [0.2, 0.25) is 5.91 Å². The Bertz CT molecular complexity index is 854. The van der Waals surface area contributed by atoms with Gasteiger partial charge in [-0.1, -0.05) is 12.1 Å². The highest BCUT2D eigenvalue weighted by molar-refractivity contribution is 6.00. The zero-order chi connectivity index (χ0) is 18.3. The lowest BCUT2D eigenvalue weighted by atomic mass is 10.1. The van der Waals surface area contributed by atoms with E-state index >= 15 is 0 Å². The summed E-state index contributed by atoms with van der Waals surface area (Å²) in [7, 11) is 1.81. The Hall–Kier alpha value is -2.63. The molecule has 2 aromatic rings. The Labute approximate surface area is 147 Å². The van der Waals surface area contributed by atoms with Crippen LogP contribution in [0.15, 0.2) is 18.2 Å². The number of rotatable bonds is 3. The number of carbonyl (C=O) groups excluding carboxylic acids is 2. The summed E-state index contributed by atoms with van der Waals surface area (Å²) in [5.74, 6) is -0.396. The molecular weight excluding hydrogens is 318 g/mol. The molecule has 1 atom stereocenters. The van der Waals surface area contributed by atoms with Gasteiger partial charge in [0.15, 0.2) is 5.75 Å². The van der Waals surface area contributed by atoms with E-state index in [2.05, 4.69) is 5.10 Å². The lowest BCUT2D eigenvalue weighted by molar-refractivity contribution is -0.139. The minimum Gasteiger partial charge on any atom is -0.422 e. The van der Waals surface area contributed by atoms with Gasteiger partial charge in [-0.2, -0.15) is 5.10 Å². The Balaban J connectivity index is 1.78. The first-order valence-corrected chi connectivity index (χ1v) is 8.38. The average Bonchev–Trinajstić information content (AvgIpc) is 3.05. The average molecular weight is 341 g/mol. The van der Waals surface area contributed by atoms with Crippen LogP contribution >= 0.6 is 0 Å². The Kier molecular flexibility index (Phi) is 4.37. The number of benzene rings is 1. The summed E-state index contributed by atoms with van der Waals surface area (Å²) in [5, 5.41) is 4.25. The number of aryl methyl sites for hydroxylation is 3. The van der Waals surface area contributed by atoms with Crippen molar-refractivity contribution >= 4 is 17.6 Å². The highest BCUT2D eigenvalue weighted by Gasteiger charge is 2.37. The molecule has 1 aromatic carbocycles. The monoisotopic (exact) mass is 341 g/mol. The van der Waals surface area contributed by atoms with Gasteiger partial charge in [-0.3, -0.25) is 14.3 Å². The van der Waals surface area contributed by atoms with Gasteiger partial charge in [0.25, 0.3) is 0 Å². The van der Waals surface area contributed by atoms with Crippen molar-refractivity contribution in [3.8, 4) is 5.75 Å². The van der Waals surface area contributed by atoms with E-state index in [1.807, 2.05) is 39.0 Å². The van der Waals surface area contributed by atoms with Crippen molar-refractivity contribution in [2.75, 3.05) is 11.4 Å². The quantitative estimate of drug-likeness (QED) is 0.805. The minimum absolute atomic E-state index is 0.0460. The van der Waals surface area contributed by atoms with E-state index in [1.165, 1.54) is 0 Å². The third-order valence-electron chi connectivity index (χ3n) is 4.97. The molecule has 1 aliphatic heterocycles. The molecule has 1 aliphatic rings. The first-order valence-electron chi connectivity index (χ1n) is 8.38. The van der Waals surface area contributed by atoms with Gasteiger partial charge in [-0.25, -0.2) is 0 Å². The van der Waals surface area contributed by atoms with Crippen LogP contribution in [0.25, 0.3) is 0 Å². The van der Waals surface area contributed by atoms with Gasteiger partial charge < -0.3 is 9.64 Å². The van der Waals surface area contributed by atoms with E-state index in [4.69, 9.17) is 4.74 Å². The molecular formula is C19H23N3O3. The molecule has 0 saturated carbocycles. The topological polar surface area (TPSA) is 64.4 Å². The lowest BCUT2D eigenvalue weighted by Crippen LogP contribution is -2.28. The first-order chi connectivity index (χ1) is 11.8. The zero-order valence-electron chi connectivity index (χ0n) is 15.3. The first kappa shape index (κ1) is 17.2. The van der Waals surface area contributed by atoms with E-state index in [1.54, 1.807) is 23.6 Å². The molecule has 3 rings (SSSR count). The number of hydrogen-bond acceptors (Lipinski definition) is 4. The molecule has 0 radical (unpaired) electrons. The van der Waals surface area contributed by atoms with E-state index in [0.29, 0.717) is 18.0 Å². The van der Waals surface area contributed by atoms with Crippen LogP contribution in [-0.4, -0.2) is 28.2 Å². The summed E-state index contributed by atoms with van der Waals surface area (Å²) >= 11 is 0. The summed E-state index contributed by atoms with van der Waals surface area (Å²) < 4.78 is 7.25. The molecule has 0 bridgehead atoms. The van der Waals surface area contributed by atoms with Gasteiger partial charge in [-0.05, 0) is 44.9 Å². The SMILES string of the molecule is Cc1cccc(N2C[C@@H](C(=O)Oc3c(C)nn(C)c3C)CC2=O)c1C. The summed E-state index contributed by atoms with van der Waals surface area (Å²) in [6.07, 6.45) is 0.171. The fourth-order valence-corrected chi connectivity index (χ4v) is 3.21. The van der Waals surface area contributed by atoms with Crippen LogP contribution in [0.5, 0.6) is 5.75 Å². The van der Waals surface area contributed by atoms with Crippen molar-refractivity contribution in [3.05, 3.63) is 40.7 Å². The van der Waals surface area contributed by atoms with Gasteiger partial charge in [0.05, 0.1) is 11.6 Å². The molecule has 1 aromatic heterocycles. The Morgan fingerprint density at radius 1 is 1.24 bits per heavy atom. The van der Waals surface area contributed by atoms with Crippen LogP contribution in [0.2, 0.25) is 0 Å². The summed E-state index contributed by atoms with van der Waals surface area (Å²) in [5.41, 5.74) is 4.52. The maximum atomic E-state index is 12.6. The summed E-state index contributed by atoms with van der Waals surface area (Å²) in [6.45, 7) is 8.01. The normalized spacial score (nSPS) is 17.2. The summed E-state index contributed by atoms with van der Waals surface area (Å²) in [4.78, 5) is 26.7. The standard InChI is InChI=1S/C19H23N3O3/c1-11-7-6-8-16(12(11)2)22-10-15(9-17(22)23)19(24)25-18-13(3)20-21(5)14(18)4/h6-8,15H,9-10H2,1-5H3/t15-/m0/s1. The third-order valence-corrected chi connectivity index (χ3v) is 4.97. The smallest absolute Gasteiger partial charge is 0.316 e. The van der Waals surface area contributed by atoms with Gasteiger partial charge in [0.1, 0.15) is 5.69 Å². The van der Waals surface area contributed by atoms with Crippen molar-refractivity contribution < 1.29 is 14.3 Å². The second kappa shape index (κ2) is 6.35. The molecule has 0 spiro atoms. The fraction of sp³-hybridized carbons (Fsp3) is 0.421. The minimum atomic E-state index is -0.466. The van der Waals surface area contributed by atoms with Crippen LogP contribution in [0.3, 0.4) is 0 Å². The third kappa shape index (κ3) is 3.04. The fourth-order valence-electron chi connectivity index (χ4n) is 3.21. The van der Waals surface area contributed by atoms with E-state index < -0.39 is 5.92 Å². The zero-order valence-corrected chi connectivity index (χ0v) is 15.3. The van der Waals surface area contributed by atoms with Gasteiger partial charge >= 0.3 is 5.97 Å². The van der Waals surface area contributed by atoms with Gasteiger partial charge in [-0.15, -0.1) is 0 Å². The number of amides is 1. The maximum Gasteiger partial charge on any atom is 0.316 e. The molecule has 6 nitrogen and oxygen atoms in total. The number of nitrogens with zero attached hydrogens (tertiary/aromatic N) is 3. The molecule has 6 heteroatoms. The predicted octanol–water partition coefficient (Wildman–Crippen LogP) is 2.61. The van der Waals surface area contributed by atoms with Gasteiger partial charge in [0, 0.05) is 25.7 Å². The Morgan fingerprint density at radius 3 is 2.60 bits per heavy atom. The van der Waals surface area contributed by atoms with Crippen LogP contribution in [0.1, 0.15) is 28.9 Å². The number of carbonyl (C=O) groups is 2. The molecule has 1 amide bonds. The van der Waals surface area contributed by atoms with Crippen molar-refractivity contribution in [1.82, 2.24) is 9.78 Å². The van der Waals surface area contributed by atoms with Crippen LogP contribution in [0, 0.1) is 33.6 Å². The van der Waals surface area contributed by atoms with Crippen molar-refractivity contribution in [3.63, 3.8) is 0 Å². The Morgan fingerprint density at radius 2 is 1.96 bits per heavy atom. The van der Waals surface area contributed by atoms with E-state index in [9.17, 15) is 9.59 Å². The molecule has 0 N–H and O–H groups in total. The predicted molar refractivity (Wildman–Crippen MR) is 94.7 cm³/mol. The molecule has 2 heterocycles. The second-order valence-corrected chi connectivity index (χ2v) is 6.67. The maximum absolute atomic E-state index is 12.6. The molecule has 132 valence electrons. The highest BCUT2D eigenvalue weighted by Crippen LogP contribution is 2.31. The largest absolute Gasteiger partial charge is 0.422 e. The number of anilines is 1. The van der Waals surface area contributed by atoms with E-state index in [0.717, 1.165) is 22.5 Å². The molecule has 25 heavy (non-hydrogen) atoms. The molecule has 0 aliphatic carbocycles. The lowest BCUT2D eigenvalue weighted by Gasteiger charge is -2.20. The number of esters is 1. The molecule has 1 saturated heterocycles. The molecule has 0 unspecified atom stereocenters.